The van der Waals surface area contributed by atoms with Crippen molar-refractivity contribution in [3.8, 4) is 0 Å². The monoisotopic (exact) mass is 412 g/mol. The van der Waals surface area contributed by atoms with Gasteiger partial charge in [0.1, 0.15) is 6.10 Å². The Balaban J connectivity index is 4.79. The fourth-order valence-corrected chi connectivity index (χ4v) is 3.69. The number of carbonyl (C=O) groups excluding carboxylic acids is 2. The Morgan fingerprint density at radius 2 is 1.17 bits per heavy atom. The summed E-state index contributed by atoms with van der Waals surface area (Å²) in [5, 5.41) is 0. The van der Waals surface area contributed by atoms with Crippen LogP contribution in [-0.4, -0.2) is 24.6 Å². The van der Waals surface area contributed by atoms with Crippen molar-refractivity contribution in [1.82, 2.24) is 0 Å². The number of unbranched alkanes of at least 4 members (excludes halogenated alkanes) is 3. The van der Waals surface area contributed by atoms with Gasteiger partial charge in [0.05, 0.1) is 18.4 Å². The zero-order valence-electron chi connectivity index (χ0n) is 20.1. The Hall–Kier alpha value is -1.06. The van der Waals surface area contributed by atoms with Crippen LogP contribution in [-0.2, 0) is 19.1 Å². The molecule has 29 heavy (non-hydrogen) atoms. The number of ether oxygens (including phenoxy) is 2. The molecule has 0 rings (SSSR count). The molecule has 0 N–H and O–H groups in total. The van der Waals surface area contributed by atoms with Gasteiger partial charge < -0.3 is 9.47 Å². The van der Waals surface area contributed by atoms with Crippen molar-refractivity contribution >= 4 is 11.9 Å². The smallest absolute Gasteiger partial charge is 0.309 e. The highest BCUT2D eigenvalue weighted by molar-refractivity contribution is 5.73. The lowest BCUT2D eigenvalue weighted by Gasteiger charge is -2.26. The summed E-state index contributed by atoms with van der Waals surface area (Å²) in [6.45, 7) is 13.0. The number of esters is 2. The van der Waals surface area contributed by atoms with Gasteiger partial charge in [0.25, 0.3) is 0 Å². The topological polar surface area (TPSA) is 52.6 Å². The van der Waals surface area contributed by atoms with Crippen LogP contribution in [0.15, 0.2) is 0 Å². The molecule has 0 aliphatic rings. The van der Waals surface area contributed by atoms with E-state index in [1.165, 1.54) is 0 Å². The van der Waals surface area contributed by atoms with Crippen molar-refractivity contribution in [3.63, 3.8) is 0 Å². The second-order valence-corrected chi connectivity index (χ2v) is 8.55. The zero-order chi connectivity index (χ0) is 22.1. The molecule has 0 aromatic rings. The molecule has 0 heterocycles. The third-order valence-corrected chi connectivity index (χ3v) is 6.03. The summed E-state index contributed by atoms with van der Waals surface area (Å²) in [6, 6.07) is 0. The lowest BCUT2D eigenvalue weighted by molar-refractivity contribution is -0.159. The van der Waals surface area contributed by atoms with E-state index in [9.17, 15) is 9.59 Å². The molecule has 0 amide bonds. The molecular weight excluding hydrogens is 364 g/mol. The van der Waals surface area contributed by atoms with Crippen LogP contribution in [0.4, 0.5) is 0 Å². The van der Waals surface area contributed by atoms with Crippen LogP contribution in [0.3, 0.4) is 0 Å². The van der Waals surface area contributed by atoms with Crippen LogP contribution in [0.2, 0.25) is 0 Å². The first-order chi connectivity index (χ1) is 13.9. The fourth-order valence-electron chi connectivity index (χ4n) is 3.69. The summed E-state index contributed by atoms with van der Waals surface area (Å²) < 4.78 is 11.5. The van der Waals surface area contributed by atoms with Crippen LogP contribution in [0.1, 0.15) is 119 Å². The molecule has 4 nitrogen and oxygen atoms in total. The number of carbonyl (C=O) groups is 2. The first-order valence-corrected chi connectivity index (χ1v) is 12.3. The Kier molecular flexibility index (Phi) is 17.1. The van der Waals surface area contributed by atoms with Crippen LogP contribution < -0.4 is 0 Å². The van der Waals surface area contributed by atoms with Gasteiger partial charge in [0.15, 0.2) is 0 Å². The van der Waals surface area contributed by atoms with E-state index in [0.717, 1.165) is 70.6 Å². The van der Waals surface area contributed by atoms with Crippen LogP contribution in [0.5, 0.6) is 0 Å². The van der Waals surface area contributed by atoms with Gasteiger partial charge in [-0.25, -0.2) is 0 Å². The maximum atomic E-state index is 12.7. The van der Waals surface area contributed by atoms with E-state index in [2.05, 4.69) is 34.6 Å². The van der Waals surface area contributed by atoms with Crippen molar-refractivity contribution in [3.05, 3.63) is 0 Å². The molecule has 0 radical (unpaired) electrons. The van der Waals surface area contributed by atoms with E-state index in [-0.39, 0.29) is 35.8 Å². The average molecular weight is 413 g/mol. The molecule has 0 aliphatic heterocycles. The van der Waals surface area contributed by atoms with Gasteiger partial charge >= 0.3 is 11.9 Å². The molecule has 0 aromatic carbocycles. The predicted octanol–water partition coefficient (Wildman–Crippen LogP) is 7.09. The van der Waals surface area contributed by atoms with Gasteiger partial charge in [-0.15, -0.1) is 0 Å². The Morgan fingerprint density at radius 1 is 0.690 bits per heavy atom. The Bertz CT molecular complexity index is 421. The van der Waals surface area contributed by atoms with Crippen molar-refractivity contribution in [1.29, 1.82) is 0 Å². The Labute approximate surface area is 180 Å². The third-order valence-electron chi connectivity index (χ3n) is 6.03. The SMILES string of the molecule is CCCCC(CC)C(=O)OCCC(OC(=O)C(CC)CCCC)C(C)CCCC. The summed E-state index contributed by atoms with van der Waals surface area (Å²) in [5.41, 5.74) is 0. The van der Waals surface area contributed by atoms with Crippen LogP contribution in [0.25, 0.3) is 0 Å². The standard InChI is InChI=1S/C25H48O4/c1-7-12-15-20(6)23(29-25(27)22(11-5)17-14-9-3)18-19-28-24(26)21(10-4)16-13-8-2/h20-23H,7-19H2,1-6H3. The quantitative estimate of drug-likeness (QED) is 0.225. The molecule has 0 aromatic heterocycles. The molecule has 0 aliphatic carbocycles. The highest BCUT2D eigenvalue weighted by Crippen LogP contribution is 2.23. The number of rotatable bonds is 18. The maximum Gasteiger partial charge on any atom is 0.309 e. The molecule has 0 saturated heterocycles. The van der Waals surface area contributed by atoms with E-state index in [1.807, 2.05) is 6.92 Å². The van der Waals surface area contributed by atoms with Crippen molar-refractivity contribution in [2.75, 3.05) is 6.61 Å². The highest BCUT2D eigenvalue weighted by Gasteiger charge is 2.26. The normalized spacial score (nSPS) is 15.4. The summed E-state index contributed by atoms with van der Waals surface area (Å²) >= 11 is 0. The van der Waals surface area contributed by atoms with Crippen LogP contribution in [0, 0.1) is 17.8 Å². The van der Waals surface area contributed by atoms with Crippen molar-refractivity contribution < 1.29 is 19.1 Å². The summed E-state index contributed by atoms with van der Waals surface area (Å²) in [7, 11) is 0. The minimum atomic E-state index is -0.173. The molecule has 4 unspecified atom stereocenters. The fraction of sp³-hybridized carbons (Fsp3) is 0.920. The number of hydrogen-bond donors (Lipinski definition) is 0. The van der Waals surface area contributed by atoms with E-state index in [4.69, 9.17) is 9.47 Å². The van der Waals surface area contributed by atoms with E-state index >= 15 is 0 Å². The molecule has 0 spiro atoms. The zero-order valence-corrected chi connectivity index (χ0v) is 20.1. The van der Waals surface area contributed by atoms with Gasteiger partial charge in [0, 0.05) is 6.42 Å². The van der Waals surface area contributed by atoms with Crippen molar-refractivity contribution in [2.45, 2.75) is 125 Å². The summed E-state index contributed by atoms with van der Waals surface area (Å²) in [6.07, 6.45) is 11.4. The molecular formula is C25H48O4. The minimum Gasteiger partial charge on any atom is -0.465 e. The molecule has 4 heteroatoms. The molecule has 172 valence electrons. The largest absolute Gasteiger partial charge is 0.465 e. The molecule has 0 fully saturated rings. The summed E-state index contributed by atoms with van der Waals surface area (Å²) in [5.74, 6) is 0.0869. The highest BCUT2D eigenvalue weighted by atomic mass is 16.6. The molecule has 0 bridgehead atoms. The van der Waals surface area contributed by atoms with Gasteiger partial charge in [0.2, 0.25) is 0 Å². The van der Waals surface area contributed by atoms with E-state index in [0.29, 0.717) is 13.0 Å². The average Bonchev–Trinajstić information content (AvgIpc) is 2.72. The van der Waals surface area contributed by atoms with E-state index in [1.54, 1.807) is 0 Å². The molecule has 0 saturated carbocycles. The van der Waals surface area contributed by atoms with Gasteiger partial charge in [-0.05, 0) is 38.0 Å². The minimum absolute atomic E-state index is 0.00743. The second-order valence-electron chi connectivity index (χ2n) is 8.55. The van der Waals surface area contributed by atoms with Crippen molar-refractivity contribution in [2.24, 2.45) is 17.8 Å². The summed E-state index contributed by atoms with van der Waals surface area (Å²) in [4.78, 5) is 25.1. The number of hydrogen-bond acceptors (Lipinski definition) is 4. The first-order valence-electron chi connectivity index (χ1n) is 12.3. The maximum absolute atomic E-state index is 12.7. The first kappa shape index (κ1) is 27.9. The van der Waals surface area contributed by atoms with Gasteiger partial charge in [-0.3, -0.25) is 9.59 Å². The Morgan fingerprint density at radius 3 is 1.66 bits per heavy atom. The van der Waals surface area contributed by atoms with Crippen LogP contribution >= 0.6 is 0 Å². The lowest BCUT2D eigenvalue weighted by atomic mass is 9.95. The predicted molar refractivity (Wildman–Crippen MR) is 121 cm³/mol. The van der Waals surface area contributed by atoms with E-state index < -0.39 is 0 Å². The van der Waals surface area contributed by atoms with Gasteiger partial charge in [-0.1, -0.05) is 80.1 Å². The second kappa shape index (κ2) is 17.8. The lowest BCUT2D eigenvalue weighted by Crippen LogP contribution is -2.31. The molecule has 4 atom stereocenters. The van der Waals surface area contributed by atoms with Gasteiger partial charge in [-0.2, -0.15) is 0 Å². The third kappa shape index (κ3) is 12.3.